The zero-order chi connectivity index (χ0) is 12.1. The molecule has 1 aromatic rings. The summed E-state index contributed by atoms with van der Waals surface area (Å²) in [6.45, 7) is 0.491. The van der Waals surface area contributed by atoms with E-state index in [0.717, 1.165) is 6.07 Å². The number of rotatable bonds is 5. The van der Waals surface area contributed by atoms with E-state index in [1.165, 1.54) is 13.2 Å². The van der Waals surface area contributed by atoms with E-state index in [1.807, 2.05) is 0 Å². The standard InChI is InChI=1S/C10H13FN2O3/c1-15-2-3-16-9-4-6(10(13)14)8(12)5-7(9)11/h4-5H,2-3,12H2,1H3,(H2,13,14). The predicted octanol–water partition coefficient (Wildman–Crippen LogP) is 0.532. The Kier molecular flexibility index (Phi) is 4.07. The zero-order valence-electron chi connectivity index (χ0n) is 8.83. The third-order valence-electron chi connectivity index (χ3n) is 1.91. The van der Waals surface area contributed by atoms with E-state index in [9.17, 15) is 9.18 Å². The summed E-state index contributed by atoms with van der Waals surface area (Å²) >= 11 is 0. The highest BCUT2D eigenvalue weighted by Gasteiger charge is 2.12. The summed E-state index contributed by atoms with van der Waals surface area (Å²) in [6.07, 6.45) is 0. The Hall–Kier alpha value is -1.82. The Morgan fingerprint density at radius 2 is 2.12 bits per heavy atom. The highest BCUT2D eigenvalue weighted by molar-refractivity contribution is 5.98. The van der Waals surface area contributed by atoms with Crippen molar-refractivity contribution in [3.05, 3.63) is 23.5 Å². The molecule has 0 unspecified atom stereocenters. The first-order valence-electron chi connectivity index (χ1n) is 4.56. The maximum absolute atomic E-state index is 13.3. The molecule has 0 saturated carbocycles. The molecular formula is C10H13FN2O3. The maximum atomic E-state index is 13.3. The van der Waals surface area contributed by atoms with Crippen LogP contribution in [-0.2, 0) is 4.74 Å². The largest absolute Gasteiger partial charge is 0.488 e. The third kappa shape index (κ3) is 2.83. The van der Waals surface area contributed by atoms with E-state index < -0.39 is 11.7 Å². The smallest absolute Gasteiger partial charge is 0.250 e. The molecule has 0 aliphatic carbocycles. The SMILES string of the molecule is COCCOc1cc(C(N)=O)c(N)cc1F. The summed E-state index contributed by atoms with van der Waals surface area (Å²) < 4.78 is 23.1. The van der Waals surface area contributed by atoms with Crippen LogP contribution < -0.4 is 16.2 Å². The van der Waals surface area contributed by atoms with Crippen molar-refractivity contribution in [2.45, 2.75) is 0 Å². The van der Waals surface area contributed by atoms with Crippen LogP contribution in [0.1, 0.15) is 10.4 Å². The molecule has 4 N–H and O–H groups in total. The number of hydrogen-bond donors (Lipinski definition) is 2. The van der Waals surface area contributed by atoms with Crippen molar-refractivity contribution in [1.29, 1.82) is 0 Å². The van der Waals surface area contributed by atoms with Crippen LogP contribution in [0.4, 0.5) is 10.1 Å². The van der Waals surface area contributed by atoms with E-state index in [4.69, 9.17) is 20.9 Å². The summed E-state index contributed by atoms with van der Waals surface area (Å²) in [5, 5.41) is 0. The first-order valence-corrected chi connectivity index (χ1v) is 4.56. The van der Waals surface area contributed by atoms with Gasteiger partial charge in [-0.1, -0.05) is 0 Å². The number of primary amides is 1. The number of nitrogens with two attached hydrogens (primary N) is 2. The first-order chi connectivity index (χ1) is 7.56. The lowest BCUT2D eigenvalue weighted by atomic mass is 10.1. The Balaban J connectivity index is 2.91. The molecule has 0 bridgehead atoms. The number of anilines is 1. The highest BCUT2D eigenvalue weighted by Crippen LogP contribution is 2.23. The van der Waals surface area contributed by atoms with Gasteiger partial charge < -0.3 is 20.9 Å². The van der Waals surface area contributed by atoms with Crippen molar-refractivity contribution < 1.29 is 18.7 Å². The molecule has 16 heavy (non-hydrogen) atoms. The van der Waals surface area contributed by atoms with Gasteiger partial charge in [-0.25, -0.2) is 4.39 Å². The number of methoxy groups -OCH3 is 1. The summed E-state index contributed by atoms with van der Waals surface area (Å²) in [4.78, 5) is 11.0. The summed E-state index contributed by atoms with van der Waals surface area (Å²) in [5.74, 6) is -1.44. The summed E-state index contributed by atoms with van der Waals surface area (Å²) in [5.41, 5.74) is 10.5. The van der Waals surface area contributed by atoms with Crippen molar-refractivity contribution >= 4 is 11.6 Å². The molecule has 0 fully saturated rings. The Morgan fingerprint density at radius 3 is 2.69 bits per heavy atom. The van der Waals surface area contributed by atoms with Gasteiger partial charge in [-0.3, -0.25) is 4.79 Å². The lowest BCUT2D eigenvalue weighted by Gasteiger charge is -2.09. The van der Waals surface area contributed by atoms with Crippen LogP contribution in [0.3, 0.4) is 0 Å². The van der Waals surface area contributed by atoms with Gasteiger partial charge in [0.05, 0.1) is 12.2 Å². The predicted molar refractivity (Wildman–Crippen MR) is 56.7 cm³/mol. The van der Waals surface area contributed by atoms with Gasteiger partial charge in [0.1, 0.15) is 6.61 Å². The highest BCUT2D eigenvalue weighted by atomic mass is 19.1. The molecule has 1 amide bonds. The van der Waals surface area contributed by atoms with Crippen LogP contribution in [0, 0.1) is 5.82 Å². The fourth-order valence-corrected chi connectivity index (χ4v) is 1.13. The third-order valence-corrected chi connectivity index (χ3v) is 1.91. The lowest BCUT2D eigenvalue weighted by molar-refractivity contribution is 0.1000. The van der Waals surface area contributed by atoms with E-state index in [-0.39, 0.29) is 23.6 Å². The average molecular weight is 228 g/mol. The lowest BCUT2D eigenvalue weighted by Crippen LogP contribution is -2.15. The molecule has 1 aromatic carbocycles. The van der Waals surface area contributed by atoms with Crippen LogP contribution in [0.2, 0.25) is 0 Å². The first kappa shape index (κ1) is 12.3. The van der Waals surface area contributed by atoms with E-state index in [2.05, 4.69) is 0 Å². The molecular weight excluding hydrogens is 215 g/mol. The van der Waals surface area contributed by atoms with Crippen molar-refractivity contribution in [2.75, 3.05) is 26.1 Å². The molecule has 0 aliphatic rings. The van der Waals surface area contributed by atoms with E-state index in [0.29, 0.717) is 6.61 Å². The minimum absolute atomic E-state index is 0.0101. The Morgan fingerprint density at radius 1 is 1.44 bits per heavy atom. The maximum Gasteiger partial charge on any atom is 0.250 e. The number of carbonyl (C=O) groups is 1. The molecule has 0 radical (unpaired) electrons. The summed E-state index contributed by atoms with van der Waals surface area (Å²) in [6, 6.07) is 2.19. The number of amides is 1. The van der Waals surface area contributed by atoms with Crippen molar-refractivity contribution in [1.82, 2.24) is 0 Å². The Labute approximate surface area is 92.1 Å². The van der Waals surface area contributed by atoms with Crippen molar-refractivity contribution in [3.63, 3.8) is 0 Å². The van der Waals surface area contributed by atoms with Crippen LogP contribution in [-0.4, -0.2) is 26.2 Å². The molecule has 0 aromatic heterocycles. The van der Waals surface area contributed by atoms with Gasteiger partial charge >= 0.3 is 0 Å². The summed E-state index contributed by atoms with van der Waals surface area (Å²) in [7, 11) is 1.50. The van der Waals surface area contributed by atoms with Crippen LogP contribution in [0.25, 0.3) is 0 Å². The monoisotopic (exact) mass is 228 g/mol. The quantitative estimate of drug-likeness (QED) is 0.568. The van der Waals surface area contributed by atoms with E-state index >= 15 is 0 Å². The molecule has 0 spiro atoms. The van der Waals surface area contributed by atoms with Gasteiger partial charge in [-0.05, 0) is 6.07 Å². The number of ether oxygens (including phenoxy) is 2. The molecule has 0 atom stereocenters. The minimum atomic E-state index is -0.728. The molecule has 0 saturated heterocycles. The number of nitrogen functional groups attached to an aromatic ring is 1. The van der Waals surface area contributed by atoms with Crippen molar-refractivity contribution in [2.24, 2.45) is 5.73 Å². The second-order valence-electron chi connectivity index (χ2n) is 3.08. The van der Waals surface area contributed by atoms with E-state index in [1.54, 1.807) is 0 Å². The minimum Gasteiger partial charge on any atom is -0.488 e. The number of benzene rings is 1. The Bertz CT molecular complexity index is 396. The number of carbonyl (C=O) groups excluding carboxylic acids is 1. The second kappa shape index (κ2) is 5.32. The van der Waals surface area contributed by atoms with Gasteiger partial charge in [0.15, 0.2) is 11.6 Å². The normalized spacial score (nSPS) is 10.1. The van der Waals surface area contributed by atoms with Gasteiger partial charge in [0.2, 0.25) is 0 Å². The molecule has 88 valence electrons. The van der Waals surface area contributed by atoms with Gasteiger partial charge in [0.25, 0.3) is 5.91 Å². The molecule has 1 rings (SSSR count). The fraction of sp³-hybridized carbons (Fsp3) is 0.300. The molecule has 6 heteroatoms. The molecule has 5 nitrogen and oxygen atoms in total. The topological polar surface area (TPSA) is 87.6 Å². The van der Waals surface area contributed by atoms with Gasteiger partial charge in [-0.15, -0.1) is 0 Å². The van der Waals surface area contributed by atoms with Crippen molar-refractivity contribution in [3.8, 4) is 5.75 Å². The second-order valence-corrected chi connectivity index (χ2v) is 3.08. The zero-order valence-corrected chi connectivity index (χ0v) is 8.83. The average Bonchev–Trinajstić information content (AvgIpc) is 2.21. The van der Waals surface area contributed by atoms with Crippen LogP contribution in [0.15, 0.2) is 12.1 Å². The number of hydrogen-bond acceptors (Lipinski definition) is 4. The van der Waals surface area contributed by atoms with Gasteiger partial charge in [0, 0.05) is 18.9 Å². The number of halogens is 1. The molecule has 0 heterocycles. The van der Waals surface area contributed by atoms with Crippen LogP contribution in [0.5, 0.6) is 5.75 Å². The van der Waals surface area contributed by atoms with Crippen LogP contribution >= 0.6 is 0 Å². The van der Waals surface area contributed by atoms with Gasteiger partial charge in [-0.2, -0.15) is 0 Å². The molecule has 0 aliphatic heterocycles. The fourth-order valence-electron chi connectivity index (χ4n) is 1.13.